The van der Waals surface area contributed by atoms with E-state index >= 15 is 0 Å². The first kappa shape index (κ1) is 10.4. The lowest BCUT2D eigenvalue weighted by atomic mass is 10.2. The van der Waals surface area contributed by atoms with Crippen molar-refractivity contribution >= 4 is 17.7 Å². The van der Waals surface area contributed by atoms with Crippen molar-refractivity contribution < 1.29 is 14.5 Å². The maximum Gasteiger partial charge on any atom is 0.277 e. The Hall–Kier alpha value is -1.08. The van der Waals surface area contributed by atoms with E-state index in [0.717, 1.165) is 13.0 Å². The lowest BCUT2D eigenvalue weighted by molar-refractivity contribution is -0.678. The molecule has 0 saturated carbocycles. The summed E-state index contributed by atoms with van der Waals surface area (Å²) in [6.07, 6.45) is 2.25. The van der Waals surface area contributed by atoms with E-state index in [1.54, 1.807) is 0 Å². The molecule has 0 bridgehead atoms. The monoisotopic (exact) mass is 229 g/mol. The van der Waals surface area contributed by atoms with Crippen molar-refractivity contribution in [3.05, 3.63) is 5.89 Å². The minimum absolute atomic E-state index is 0.177. The first-order valence-corrected chi connectivity index (χ1v) is 5.82. The standard InChI is InChI=1S/C8H12N4O2S/c9-6(13)4-15-8-12-11-7(14-8)5-2-1-3-10-5/h5,10H,1-4H2,(H2,9,13)/p+1/t5-/m1/s1. The third-order valence-electron chi connectivity index (χ3n) is 2.25. The number of rotatable bonds is 4. The van der Waals surface area contributed by atoms with Gasteiger partial charge in [-0.15, -0.1) is 10.2 Å². The van der Waals surface area contributed by atoms with Gasteiger partial charge in [0.15, 0.2) is 6.04 Å². The van der Waals surface area contributed by atoms with Crippen molar-refractivity contribution in [1.82, 2.24) is 10.2 Å². The Labute approximate surface area is 91.0 Å². The summed E-state index contributed by atoms with van der Waals surface area (Å²) in [7, 11) is 0. The number of amides is 1. The fourth-order valence-electron chi connectivity index (χ4n) is 1.56. The molecule has 1 aliphatic heterocycles. The highest BCUT2D eigenvalue weighted by atomic mass is 32.2. The van der Waals surface area contributed by atoms with Gasteiger partial charge in [-0.25, -0.2) is 0 Å². The van der Waals surface area contributed by atoms with Crippen LogP contribution in [0.4, 0.5) is 0 Å². The van der Waals surface area contributed by atoms with E-state index in [4.69, 9.17) is 10.2 Å². The average Bonchev–Trinajstić information content (AvgIpc) is 2.85. The summed E-state index contributed by atoms with van der Waals surface area (Å²) in [5.74, 6) is 0.447. The SMILES string of the molecule is NC(=O)CSc1nnc([C@H]2CCC[NH2+]2)o1. The Balaban J connectivity index is 1.94. The molecule has 1 atom stereocenters. The molecule has 1 amide bonds. The second-order valence-electron chi connectivity index (χ2n) is 3.43. The lowest BCUT2D eigenvalue weighted by Gasteiger charge is -1.98. The molecule has 6 nitrogen and oxygen atoms in total. The van der Waals surface area contributed by atoms with E-state index in [9.17, 15) is 4.79 Å². The molecule has 4 N–H and O–H groups in total. The van der Waals surface area contributed by atoms with E-state index in [2.05, 4.69) is 15.5 Å². The predicted octanol–water partition coefficient (Wildman–Crippen LogP) is -0.955. The van der Waals surface area contributed by atoms with Gasteiger partial charge in [0.25, 0.3) is 11.1 Å². The quantitative estimate of drug-likeness (QED) is 0.648. The highest BCUT2D eigenvalue weighted by Crippen LogP contribution is 2.21. The summed E-state index contributed by atoms with van der Waals surface area (Å²) in [6.45, 7) is 1.11. The molecule has 1 aliphatic rings. The molecule has 1 saturated heterocycles. The van der Waals surface area contributed by atoms with Crippen molar-refractivity contribution in [3.8, 4) is 0 Å². The van der Waals surface area contributed by atoms with Gasteiger partial charge in [-0.05, 0) is 0 Å². The third kappa shape index (κ3) is 2.69. The van der Waals surface area contributed by atoms with Crippen LogP contribution >= 0.6 is 11.8 Å². The fraction of sp³-hybridized carbons (Fsp3) is 0.625. The maximum absolute atomic E-state index is 10.5. The number of nitrogens with two attached hydrogens (primary N) is 2. The Morgan fingerprint density at radius 2 is 2.53 bits per heavy atom. The van der Waals surface area contributed by atoms with Crippen molar-refractivity contribution in [2.24, 2.45) is 5.73 Å². The zero-order valence-corrected chi connectivity index (χ0v) is 9.00. The minimum atomic E-state index is -0.382. The molecule has 82 valence electrons. The van der Waals surface area contributed by atoms with E-state index < -0.39 is 0 Å². The average molecular weight is 229 g/mol. The molecule has 1 aromatic heterocycles. The van der Waals surface area contributed by atoms with Gasteiger partial charge in [0.05, 0.1) is 12.3 Å². The summed E-state index contributed by atoms with van der Waals surface area (Å²) >= 11 is 1.18. The second kappa shape index (κ2) is 4.63. The highest BCUT2D eigenvalue weighted by molar-refractivity contribution is 7.99. The number of aromatic nitrogens is 2. The number of hydrogen-bond donors (Lipinski definition) is 2. The van der Waals surface area contributed by atoms with Gasteiger partial charge in [-0.1, -0.05) is 11.8 Å². The van der Waals surface area contributed by atoms with Gasteiger partial charge in [-0.2, -0.15) is 0 Å². The molecule has 2 rings (SSSR count). The molecule has 7 heteroatoms. The lowest BCUT2D eigenvalue weighted by Crippen LogP contribution is -2.81. The molecule has 15 heavy (non-hydrogen) atoms. The molecule has 0 aromatic carbocycles. The smallest absolute Gasteiger partial charge is 0.277 e. The van der Waals surface area contributed by atoms with E-state index in [0.29, 0.717) is 17.2 Å². The molecule has 1 aromatic rings. The molecule has 0 spiro atoms. The molecule has 0 aliphatic carbocycles. The molecule has 1 fully saturated rings. The third-order valence-corrected chi connectivity index (χ3v) is 3.09. The zero-order valence-electron chi connectivity index (χ0n) is 8.18. The molecule has 0 radical (unpaired) electrons. The van der Waals surface area contributed by atoms with Gasteiger partial charge in [0.2, 0.25) is 5.91 Å². The van der Waals surface area contributed by atoms with E-state index in [1.165, 1.54) is 18.2 Å². The summed E-state index contributed by atoms with van der Waals surface area (Å²) in [4.78, 5) is 10.5. The van der Waals surface area contributed by atoms with Gasteiger partial charge in [0, 0.05) is 12.8 Å². The Morgan fingerprint density at radius 1 is 1.67 bits per heavy atom. The number of quaternary nitrogens is 1. The van der Waals surface area contributed by atoms with Crippen LogP contribution in [-0.2, 0) is 4.79 Å². The second-order valence-corrected chi connectivity index (χ2v) is 4.36. The van der Waals surface area contributed by atoms with Gasteiger partial charge in [-0.3, -0.25) is 4.79 Å². The van der Waals surface area contributed by atoms with Crippen molar-refractivity contribution in [2.75, 3.05) is 12.3 Å². The van der Waals surface area contributed by atoms with Crippen LogP contribution in [0.1, 0.15) is 24.8 Å². The first-order valence-electron chi connectivity index (χ1n) is 4.83. The first-order chi connectivity index (χ1) is 7.25. The number of primary amides is 1. The largest absolute Gasteiger partial charge is 0.410 e. The van der Waals surface area contributed by atoms with Crippen molar-refractivity contribution in [2.45, 2.75) is 24.1 Å². The molecule has 2 heterocycles. The van der Waals surface area contributed by atoms with Gasteiger partial charge >= 0.3 is 0 Å². The van der Waals surface area contributed by atoms with Crippen LogP contribution < -0.4 is 11.1 Å². The van der Waals surface area contributed by atoms with Gasteiger partial charge in [0.1, 0.15) is 0 Å². The summed E-state index contributed by atoms with van der Waals surface area (Å²) in [5, 5.41) is 10.4. The van der Waals surface area contributed by atoms with E-state index in [-0.39, 0.29) is 11.7 Å². The Bertz CT molecular complexity index is 348. The minimum Gasteiger partial charge on any atom is -0.410 e. The maximum atomic E-state index is 10.5. The van der Waals surface area contributed by atoms with Crippen LogP contribution in [0.5, 0.6) is 0 Å². The van der Waals surface area contributed by atoms with Gasteiger partial charge < -0.3 is 15.5 Å². The Morgan fingerprint density at radius 3 is 3.20 bits per heavy atom. The van der Waals surface area contributed by atoms with E-state index in [1.807, 2.05) is 0 Å². The highest BCUT2D eigenvalue weighted by Gasteiger charge is 2.26. The molecular weight excluding hydrogens is 216 g/mol. The summed E-state index contributed by atoms with van der Waals surface area (Å²) < 4.78 is 5.42. The Kier molecular flexibility index (Phi) is 3.22. The summed E-state index contributed by atoms with van der Waals surface area (Å²) in [6, 6.07) is 0.292. The van der Waals surface area contributed by atoms with Crippen LogP contribution in [0, 0.1) is 0 Å². The number of thioether (sulfide) groups is 1. The van der Waals surface area contributed by atoms with Crippen LogP contribution in [0.2, 0.25) is 0 Å². The number of nitrogens with zero attached hydrogens (tertiary/aromatic N) is 2. The van der Waals surface area contributed by atoms with Crippen molar-refractivity contribution in [3.63, 3.8) is 0 Å². The van der Waals surface area contributed by atoms with Crippen molar-refractivity contribution in [1.29, 1.82) is 0 Å². The number of carbonyl (C=O) groups is 1. The number of carbonyl (C=O) groups excluding carboxylic acids is 1. The van der Waals surface area contributed by atoms with Crippen LogP contribution in [0.15, 0.2) is 9.64 Å². The fourth-order valence-corrected chi connectivity index (χ4v) is 2.07. The predicted molar refractivity (Wildman–Crippen MR) is 53.0 cm³/mol. The molecular formula is C8H13N4O2S+. The van der Waals surface area contributed by atoms with Crippen LogP contribution in [0.3, 0.4) is 0 Å². The van der Waals surface area contributed by atoms with Crippen LogP contribution in [-0.4, -0.2) is 28.4 Å². The molecule has 0 unspecified atom stereocenters. The van der Waals surface area contributed by atoms with Crippen LogP contribution in [0.25, 0.3) is 0 Å². The summed E-state index contributed by atoms with van der Waals surface area (Å²) in [5.41, 5.74) is 5.01. The number of hydrogen-bond acceptors (Lipinski definition) is 5. The zero-order chi connectivity index (χ0) is 10.7. The topological polar surface area (TPSA) is 98.6 Å². The normalized spacial score (nSPS) is 20.7.